The van der Waals surface area contributed by atoms with Gasteiger partial charge in [0.2, 0.25) is 0 Å². The van der Waals surface area contributed by atoms with E-state index in [1.807, 2.05) is 18.3 Å². The maximum absolute atomic E-state index is 4.53. The van der Waals surface area contributed by atoms with Crippen LogP contribution in [0.3, 0.4) is 0 Å². The van der Waals surface area contributed by atoms with E-state index in [1.54, 1.807) is 0 Å². The van der Waals surface area contributed by atoms with Gasteiger partial charge in [-0.2, -0.15) is 0 Å². The monoisotopic (exact) mass is 348 g/mol. The number of rotatable bonds is 2. The van der Waals surface area contributed by atoms with Crippen LogP contribution in [-0.2, 0) is 0 Å². The molecule has 3 heteroatoms. The van der Waals surface area contributed by atoms with E-state index in [0.29, 0.717) is 0 Å². The topological polar surface area (TPSA) is 28.7 Å². The first-order chi connectivity index (χ1) is 10.8. The molecule has 106 valence electrons. The van der Waals surface area contributed by atoms with Crippen LogP contribution in [0.1, 0.15) is 0 Å². The molecule has 2 nitrogen and oxygen atoms in total. The lowest BCUT2D eigenvalue weighted by Gasteiger charge is -2.04. The molecule has 4 rings (SSSR count). The van der Waals surface area contributed by atoms with Crippen molar-refractivity contribution in [1.29, 1.82) is 0 Å². The van der Waals surface area contributed by atoms with Crippen LogP contribution >= 0.6 is 15.9 Å². The van der Waals surface area contributed by atoms with E-state index in [-0.39, 0.29) is 0 Å². The Kier molecular flexibility index (Phi) is 3.28. The summed E-state index contributed by atoms with van der Waals surface area (Å²) >= 11 is 3.46. The summed E-state index contributed by atoms with van der Waals surface area (Å²) in [5.41, 5.74) is 3.29. The van der Waals surface area contributed by atoms with Gasteiger partial charge in [0.15, 0.2) is 0 Å². The van der Waals surface area contributed by atoms with Crippen molar-refractivity contribution in [1.82, 2.24) is 9.97 Å². The predicted molar refractivity (Wildman–Crippen MR) is 94.7 cm³/mol. The first-order valence-corrected chi connectivity index (χ1v) is 7.90. The number of nitrogens with one attached hydrogen (secondary N) is 1. The van der Waals surface area contributed by atoms with Crippen molar-refractivity contribution in [3.63, 3.8) is 0 Å². The standard InChI is InChI=1S/C19H13BrN2/c20-15-10-8-14(9-11-15)19-21-12-18(22-19)17-7-3-5-13-4-1-2-6-16(13)17/h1-12H,(H,21,22). The van der Waals surface area contributed by atoms with E-state index in [4.69, 9.17) is 0 Å². The summed E-state index contributed by atoms with van der Waals surface area (Å²) in [4.78, 5) is 7.96. The summed E-state index contributed by atoms with van der Waals surface area (Å²) in [6.07, 6.45) is 1.90. The van der Waals surface area contributed by atoms with E-state index < -0.39 is 0 Å². The summed E-state index contributed by atoms with van der Waals surface area (Å²) < 4.78 is 1.07. The second-order valence-corrected chi connectivity index (χ2v) is 6.09. The molecule has 0 fully saturated rings. The summed E-state index contributed by atoms with van der Waals surface area (Å²) in [6, 6.07) is 22.9. The Morgan fingerprint density at radius 2 is 1.59 bits per heavy atom. The van der Waals surface area contributed by atoms with E-state index in [2.05, 4.69) is 80.5 Å². The SMILES string of the molecule is Brc1ccc(-c2ncc(-c3cccc4ccccc34)[nH]2)cc1. The molecule has 1 heterocycles. The Morgan fingerprint density at radius 3 is 2.45 bits per heavy atom. The lowest BCUT2D eigenvalue weighted by atomic mass is 10.0. The van der Waals surface area contributed by atoms with E-state index in [1.165, 1.54) is 16.3 Å². The molecule has 0 bridgehead atoms. The highest BCUT2D eigenvalue weighted by atomic mass is 79.9. The minimum Gasteiger partial charge on any atom is -0.338 e. The molecule has 0 radical (unpaired) electrons. The normalized spacial score (nSPS) is 11.0. The van der Waals surface area contributed by atoms with Gasteiger partial charge in [-0.05, 0) is 22.9 Å². The number of benzene rings is 3. The first kappa shape index (κ1) is 13.3. The van der Waals surface area contributed by atoms with Crippen LogP contribution in [0.2, 0.25) is 0 Å². The summed E-state index contributed by atoms with van der Waals surface area (Å²) in [6.45, 7) is 0. The van der Waals surface area contributed by atoms with E-state index >= 15 is 0 Å². The second kappa shape index (κ2) is 5.43. The molecule has 0 atom stereocenters. The molecule has 0 aliphatic heterocycles. The molecule has 0 aliphatic carbocycles. The Hall–Kier alpha value is -2.39. The quantitative estimate of drug-likeness (QED) is 0.497. The van der Waals surface area contributed by atoms with Crippen molar-refractivity contribution >= 4 is 26.7 Å². The number of fused-ring (bicyclic) bond motifs is 1. The molecule has 0 unspecified atom stereocenters. The Balaban J connectivity index is 1.82. The van der Waals surface area contributed by atoms with Gasteiger partial charge in [0.05, 0.1) is 11.9 Å². The summed E-state index contributed by atoms with van der Waals surface area (Å²) in [5.74, 6) is 0.885. The van der Waals surface area contributed by atoms with Crippen LogP contribution in [0.15, 0.2) is 77.4 Å². The predicted octanol–water partition coefficient (Wildman–Crippen LogP) is 5.66. The summed E-state index contributed by atoms with van der Waals surface area (Å²) in [7, 11) is 0. The molecule has 0 saturated carbocycles. The van der Waals surface area contributed by atoms with Crippen LogP contribution in [0, 0.1) is 0 Å². The molecule has 3 aromatic carbocycles. The highest BCUT2D eigenvalue weighted by molar-refractivity contribution is 9.10. The fourth-order valence-electron chi connectivity index (χ4n) is 2.67. The van der Waals surface area contributed by atoms with Gasteiger partial charge < -0.3 is 4.98 Å². The lowest BCUT2D eigenvalue weighted by Crippen LogP contribution is -1.82. The van der Waals surface area contributed by atoms with Crippen LogP contribution in [0.25, 0.3) is 33.4 Å². The zero-order chi connectivity index (χ0) is 14.9. The number of aromatic amines is 1. The van der Waals surface area contributed by atoms with Gasteiger partial charge in [0.25, 0.3) is 0 Å². The molecule has 4 aromatic rings. The average molecular weight is 349 g/mol. The largest absolute Gasteiger partial charge is 0.338 e. The summed E-state index contributed by atoms with van der Waals surface area (Å²) in [5, 5.41) is 2.47. The van der Waals surface area contributed by atoms with Crippen molar-refractivity contribution < 1.29 is 0 Å². The van der Waals surface area contributed by atoms with Crippen LogP contribution in [0.4, 0.5) is 0 Å². The number of hydrogen-bond acceptors (Lipinski definition) is 1. The molecule has 1 N–H and O–H groups in total. The third kappa shape index (κ3) is 2.34. The van der Waals surface area contributed by atoms with Crippen molar-refractivity contribution in [2.45, 2.75) is 0 Å². The van der Waals surface area contributed by atoms with Gasteiger partial charge in [0.1, 0.15) is 5.82 Å². The molecule has 0 aliphatic rings. The minimum atomic E-state index is 0.885. The molecular weight excluding hydrogens is 336 g/mol. The van der Waals surface area contributed by atoms with Gasteiger partial charge in [-0.15, -0.1) is 0 Å². The number of aromatic nitrogens is 2. The van der Waals surface area contributed by atoms with Gasteiger partial charge in [-0.1, -0.05) is 70.5 Å². The number of halogens is 1. The lowest BCUT2D eigenvalue weighted by molar-refractivity contribution is 1.31. The maximum Gasteiger partial charge on any atom is 0.137 e. The molecule has 22 heavy (non-hydrogen) atoms. The molecular formula is C19H13BrN2. The van der Waals surface area contributed by atoms with Crippen LogP contribution < -0.4 is 0 Å². The molecule has 1 aromatic heterocycles. The van der Waals surface area contributed by atoms with Crippen LogP contribution in [0.5, 0.6) is 0 Å². The van der Waals surface area contributed by atoms with Crippen molar-refractivity contribution in [3.05, 3.63) is 77.4 Å². The first-order valence-electron chi connectivity index (χ1n) is 7.10. The van der Waals surface area contributed by atoms with Gasteiger partial charge >= 0.3 is 0 Å². The van der Waals surface area contributed by atoms with Gasteiger partial charge in [-0.3, -0.25) is 0 Å². The molecule has 0 spiro atoms. The second-order valence-electron chi connectivity index (χ2n) is 5.18. The van der Waals surface area contributed by atoms with Gasteiger partial charge in [-0.25, -0.2) is 4.98 Å². The number of nitrogens with zero attached hydrogens (tertiary/aromatic N) is 1. The maximum atomic E-state index is 4.53. The van der Waals surface area contributed by atoms with Crippen molar-refractivity contribution in [2.24, 2.45) is 0 Å². The Bertz CT molecular complexity index is 934. The van der Waals surface area contributed by atoms with Crippen LogP contribution in [-0.4, -0.2) is 9.97 Å². The third-order valence-electron chi connectivity index (χ3n) is 3.77. The zero-order valence-corrected chi connectivity index (χ0v) is 13.3. The highest BCUT2D eigenvalue weighted by Gasteiger charge is 2.08. The Labute approximate surface area is 137 Å². The molecule has 0 saturated heterocycles. The number of imidazole rings is 1. The fraction of sp³-hybridized carbons (Fsp3) is 0. The minimum absolute atomic E-state index is 0.885. The average Bonchev–Trinajstić information content (AvgIpc) is 3.05. The number of hydrogen-bond donors (Lipinski definition) is 1. The molecule has 0 amide bonds. The zero-order valence-electron chi connectivity index (χ0n) is 11.8. The fourth-order valence-corrected chi connectivity index (χ4v) is 2.94. The Morgan fingerprint density at radius 1 is 0.818 bits per heavy atom. The third-order valence-corrected chi connectivity index (χ3v) is 4.30. The van der Waals surface area contributed by atoms with E-state index in [9.17, 15) is 0 Å². The van der Waals surface area contributed by atoms with Gasteiger partial charge in [0, 0.05) is 15.6 Å². The van der Waals surface area contributed by atoms with Crippen molar-refractivity contribution in [3.8, 4) is 22.6 Å². The number of H-pyrrole nitrogens is 1. The highest BCUT2D eigenvalue weighted by Crippen LogP contribution is 2.29. The smallest absolute Gasteiger partial charge is 0.137 e. The van der Waals surface area contributed by atoms with E-state index in [0.717, 1.165) is 21.6 Å². The van der Waals surface area contributed by atoms with Crippen molar-refractivity contribution in [2.75, 3.05) is 0 Å².